The van der Waals surface area contributed by atoms with Gasteiger partial charge in [-0.1, -0.05) is 35.5 Å². The molecule has 0 spiro atoms. The number of hydrogen-bond acceptors (Lipinski definition) is 4. The van der Waals surface area contributed by atoms with Gasteiger partial charge in [0, 0.05) is 17.6 Å². The summed E-state index contributed by atoms with van der Waals surface area (Å²) in [4.78, 5) is 12.2. The number of halogens is 1. The minimum absolute atomic E-state index is 0.00898. The maximum absolute atomic E-state index is 12.2. The molecule has 1 aliphatic carbocycles. The third-order valence-electron chi connectivity index (χ3n) is 3.51. The van der Waals surface area contributed by atoms with E-state index in [0.29, 0.717) is 17.6 Å². The highest BCUT2D eigenvalue weighted by Crippen LogP contribution is 2.37. The van der Waals surface area contributed by atoms with Crippen molar-refractivity contribution in [2.45, 2.75) is 42.8 Å². The van der Waals surface area contributed by atoms with Gasteiger partial charge in [-0.15, -0.1) is 10.2 Å². The van der Waals surface area contributed by atoms with E-state index in [9.17, 15) is 4.79 Å². The van der Waals surface area contributed by atoms with Crippen LogP contribution in [0.1, 0.15) is 31.4 Å². The van der Waals surface area contributed by atoms with Gasteiger partial charge in [0.05, 0.1) is 5.25 Å². The molecule has 1 N–H and O–H groups in total. The van der Waals surface area contributed by atoms with Crippen molar-refractivity contribution >= 4 is 29.3 Å². The molecular weight excluding hydrogens is 320 g/mol. The summed E-state index contributed by atoms with van der Waals surface area (Å²) in [5.41, 5.74) is 1.02. The highest BCUT2D eigenvalue weighted by atomic mass is 35.5. The molecule has 0 radical (unpaired) electrons. The predicted molar refractivity (Wildman–Crippen MR) is 86.9 cm³/mol. The van der Waals surface area contributed by atoms with Crippen molar-refractivity contribution in [2.24, 2.45) is 0 Å². The third-order valence-corrected chi connectivity index (χ3v) is 4.83. The molecule has 0 bridgehead atoms. The van der Waals surface area contributed by atoms with Crippen molar-refractivity contribution in [3.05, 3.63) is 41.2 Å². The Morgan fingerprint density at radius 1 is 1.45 bits per heavy atom. The molecule has 1 aromatic carbocycles. The summed E-state index contributed by atoms with van der Waals surface area (Å²) in [6.07, 6.45) is 4.09. The number of nitrogens with one attached hydrogen (secondary N) is 1. The Labute approximate surface area is 138 Å². The van der Waals surface area contributed by atoms with Crippen LogP contribution in [0.4, 0.5) is 0 Å². The standard InChI is InChI=1S/C15H17ClN4OS/c1-10(22-15-19-18-9-20(15)13-6-7-13)14(21)17-8-11-2-4-12(16)5-3-11/h2-5,9-10,13H,6-8H2,1H3,(H,17,21)/t10-/m0/s1. The first kappa shape index (κ1) is 15.4. The first-order valence-corrected chi connectivity index (χ1v) is 8.47. The number of carbonyl (C=O) groups is 1. The van der Waals surface area contributed by atoms with Crippen molar-refractivity contribution < 1.29 is 4.79 Å². The molecule has 1 saturated carbocycles. The second kappa shape index (κ2) is 6.71. The van der Waals surface area contributed by atoms with Gasteiger partial charge in [0.2, 0.25) is 5.91 Å². The van der Waals surface area contributed by atoms with Crippen LogP contribution in [0, 0.1) is 0 Å². The lowest BCUT2D eigenvalue weighted by molar-refractivity contribution is -0.120. The third kappa shape index (κ3) is 3.81. The van der Waals surface area contributed by atoms with E-state index in [2.05, 4.69) is 20.1 Å². The van der Waals surface area contributed by atoms with Crippen molar-refractivity contribution in [1.29, 1.82) is 0 Å². The number of nitrogens with zero attached hydrogens (tertiary/aromatic N) is 3. The number of rotatable bonds is 6. The molecule has 3 rings (SSSR count). The second-order valence-electron chi connectivity index (χ2n) is 5.36. The first-order valence-electron chi connectivity index (χ1n) is 7.22. The molecule has 22 heavy (non-hydrogen) atoms. The van der Waals surface area contributed by atoms with Gasteiger partial charge in [0.1, 0.15) is 6.33 Å². The normalized spacial score (nSPS) is 15.5. The van der Waals surface area contributed by atoms with E-state index < -0.39 is 0 Å². The molecule has 0 saturated heterocycles. The van der Waals surface area contributed by atoms with Crippen LogP contribution in [0.15, 0.2) is 35.7 Å². The van der Waals surface area contributed by atoms with Gasteiger partial charge in [0.25, 0.3) is 0 Å². The topological polar surface area (TPSA) is 59.8 Å². The molecule has 0 aliphatic heterocycles. The molecule has 1 atom stereocenters. The van der Waals surface area contributed by atoms with E-state index in [1.807, 2.05) is 31.2 Å². The van der Waals surface area contributed by atoms with Crippen LogP contribution >= 0.6 is 23.4 Å². The minimum Gasteiger partial charge on any atom is -0.351 e. The van der Waals surface area contributed by atoms with Gasteiger partial charge >= 0.3 is 0 Å². The highest BCUT2D eigenvalue weighted by molar-refractivity contribution is 8.00. The van der Waals surface area contributed by atoms with Crippen LogP contribution in [-0.2, 0) is 11.3 Å². The van der Waals surface area contributed by atoms with Crippen LogP contribution in [0.25, 0.3) is 0 Å². The van der Waals surface area contributed by atoms with Gasteiger partial charge < -0.3 is 9.88 Å². The number of benzene rings is 1. The zero-order valence-electron chi connectivity index (χ0n) is 12.2. The fourth-order valence-corrected chi connectivity index (χ4v) is 3.11. The minimum atomic E-state index is -0.214. The van der Waals surface area contributed by atoms with Gasteiger partial charge in [-0.25, -0.2) is 0 Å². The number of thioether (sulfide) groups is 1. The van der Waals surface area contributed by atoms with Crippen LogP contribution in [0.3, 0.4) is 0 Å². The summed E-state index contributed by atoms with van der Waals surface area (Å²) in [6, 6.07) is 7.97. The fraction of sp³-hybridized carbons (Fsp3) is 0.400. The van der Waals surface area contributed by atoms with E-state index in [1.165, 1.54) is 24.6 Å². The number of aromatic nitrogens is 3. The second-order valence-corrected chi connectivity index (χ2v) is 7.10. The monoisotopic (exact) mass is 336 g/mol. The van der Waals surface area contributed by atoms with Crippen LogP contribution in [-0.4, -0.2) is 25.9 Å². The molecule has 7 heteroatoms. The van der Waals surface area contributed by atoms with E-state index in [1.54, 1.807) is 6.33 Å². The van der Waals surface area contributed by atoms with E-state index >= 15 is 0 Å². The average molecular weight is 337 g/mol. The summed E-state index contributed by atoms with van der Waals surface area (Å²) in [7, 11) is 0. The van der Waals surface area contributed by atoms with Crippen molar-refractivity contribution in [2.75, 3.05) is 0 Å². The Balaban J connectivity index is 1.53. The number of carbonyl (C=O) groups excluding carboxylic acids is 1. The van der Waals surface area contributed by atoms with Crippen LogP contribution in [0.5, 0.6) is 0 Å². The van der Waals surface area contributed by atoms with Gasteiger partial charge in [-0.3, -0.25) is 4.79 Å². The summed E-state index contributed by atoms with van der Waals surface area (Å²) in [5.74, 6) is -0.00898. The molecule has 1 aliphatic rings. The van der Waals surface area contributed by atoms with Crippen molar-refractivity contribution in [3.8, 4) is 0 Å². The Morgan fingerprint density at radius 3 is 2.86 bits per heavy atom. The van der Waals surface area contributed by atoms with E-state index in [-0.39, 0.29) is 11.2 Å². The maximum Gasteiger partial charge on any atom is 0.233 e. The average Bonchev–Trinajstić information content (AvgIpc) is 3.26. The zero-order chi connectivity index (χ0) is 15.5. The molecule has 1 heterocycles. The zero-order valence-corrected chi connectivity index (χ0v) is 13.8. The SMILES string of the molecule is C[C@H](Sc1nncn1C1CC1)C(=O)NCc1ccc(Cl)cc1. The quantitative estimate of drug-likeness (QED) is 0.824. The Morgan fingerprint density at radius 2 is 2.18 bits per heavy atom. The van der Waals surface area contributed by atoms with Crippen molar-refractivity contribution in [3.63, 3.8) is 0 Å². The molecule has 1 fully saturated rings. The van der Waals surface area contributed by atoms with Crippen molar-refractivity contribution in [1.82, 2.24) is 20.1 Å². The number of hydrogen-bond donors (Lipinski definition) is 1. The van der Waals surface area contributed by atoms with E-state index in [0.717, 1.165) is 10.7 Å². The molecule has 1 amide bonds. The molecule has 1 aromatic heterocycles. The van der Waals surface area contributed by atoms with Crippen LogP contribution < -0.4 is 5.32 Å². The highest BCUT2D eigenvalue weighted by Gasteiger charge is 2.27. The Hall–Kier alpha value is -1.53. The van der Waals surface area contributed by atoms with Gasteiger partial charge in [-0.2, -0.15) is 0 Å². The lowest BCUT2D eigenvalue weighted by Crippen LogP contribution is -2.30. The first-order chi connectivity index (χ1) is 10.6. The lowest BCUT2D eigenvalue weighted by Gasteiger charge is -2.12. The lowest BCUT2D eigenvalue weighted by atomic mass is 10.2. The Bertz CT molecular complexity index is 654. The molecule has 0 unspecified atom stereocenters. The Kier molecular flexibility index (Phi) is 4.69. The summed E-state index contributed by atoms with van der Waals surface area (Å²) >= 11 is 7.29. The van der Waals surface area contributed by atoms with E-state index in [4.69, 9.17) is 11.6 Å². The molecule has 5 nitrogen and oxygen atoms in total. The smallest absolute Gasteiger partial charge is 0.233 e. The van der Waals surface area contributed by atoms with Gasteiger partial charge in [-0.05, 0) is 37.5 Å². The van der Waals surface area contributed by atoms with Gasteiger partial charge in [0.15, 0.2) is 5.16 Å². The molecule has 116 valence electrons. The van der Waals surface area contributed by atoms with Crippen LogP contribution in [0.2, 0.25) is 5.02 Å². The summed E-state index contributed by atoms with van der Waals surface area (Å²) in [5, 5.41) is 12.3. The summed E-state index contributed by atoms with van der Waals surface area (Å²) in [6.45, 7) is 2.38. The fourth-order valence-electron chi connectivity index (χ4n) is 2.07. The largest absolute Gasteiger partial charge is 0.351 e. The summed E-state index contributed by atoms with van der Waals surface area (Å²) < 4.78 is 2.06. The molecule has 2 aromatic rings. The maximum atomic E-state index is 12.2. The predicted octanol–water partition coefficient (Wildman–Crippen LogP) is 3.06. The molecular formula is C15H17ClN4OS. The number of amides is 1.